The van der Waals surface area contributed by atoms with Gasteiger partial charge in [-0.2, -0.15) is 0 Å². The molecule has 2 unspecified atom stereocenters. The lowest BCUT2D eigenvalue weighted by molar-refractivity contribution is -0.148. The van der Waals surface area contributed by atoms with E-state index in [-0.39, 0.29) is 52.5 Å². The van der Waals surface area contributed by atoms with Crippen molar-refractivity contribution in [3.8, 4) is 0 Å². The van der Waals surface area contributed by atoms with Crippen LogP contribution in [-0.2, 0) is 16.1 Å². The number of aromatic amines is 1. The van der Waals surface area contributed by atoms with Crippen LogP contribution in [0.2, 0.25) is 0 Å². The Morgan fingerprint density at radius 2 is 1.74 bits per heavy atom. The molecule has 10 nitrogen and oxygen atoms in total. The van der Waals surface area contributed by atoms with Gasteiger partial charge in [-0.05, 0) is 45.6 Å². The van der Waals surface area contributed by atoms with Crippen molar-refractivity contribution in [1.29, 1.82) is 0 Å². The van der Waals surface area contributed by atoms with Crippen molar-refractivity contribution in [3.63, 3.8) is 0 Å². The third-order valence-electron chi connectivity index (χ3n) is 6.97. The van der Waals surface area contributed by atoms with E-state index in [0.29, 0.717) is 51.3 Å². The van der Waals surface area contributed by atoms with Gasteiger partial charge in [-0.1, -0.05) is 13.8 Å². The van der Waals surface area contributed by atoms with E-state index in [1.165, 1.54) is 4.57 Å². The Labute approximate surface area is 204 Å². The van der Waals surface area contributed by atoms with Crippen molar-refractivity contribution in [3.05, 3.63) is 38.2 Å². The Kier molecular flexibility index (Phi) is 7.12. The summed E-state index contributed by atoms with van der Waals surface area (Å²) in [7, 11) is 0. The number of carbonyl (C=O) groups is 2. The molecule has 2 saturated heterocycles. The Balaban J connectivity index is 1.59. The number of aromatic nitrogens is 3. The molecule has 0 spiro atoms. The van der Waals surface area contributed by atoms with Crippen LogP contribution in [0, 0.1) is 5.92 Å². The summed E-state index contributed by atoms with van der Waals surface area (Å²) in [5, 5.41) is 0.135. The molecule has 190 valence electrons. The minimum atomic E-state index is -0.610. The molecule has 1 N–H and O–H groups in total. The Hall–Kier alpha value is -3.01. The number of aryl methyl sites for hydroxylation is 1. The van der Waals surface area contributed by atoms with Gasteiger partial charge in [0.05, 0.1) is 23.2 Å². The SMILES string of the molecule is CCn1c(=O)[nH]c(=O)c2c(C(=O)N3CCC(C(=O)N4CC(C)OC(C)C4)CC3)cc(C(C)C)nc21. The maximum absolute atomic E-state index is 13.6. The largest absolute Gasteiger partial charge is 0.372 e. The Bertz CT molecular complexity index is 1230. The maximum atomic E-state index is 13.6. The van der Waals surface area contributed by atoms with E-state index in [9.17, 15) is 19.2 Å². The van der Waals surface area contributed by atoms with Crippen LogP contribution >= 0.6 is 0 Å². The van der Waals surface area contributed by atoms with Crippen molar-refractivity contribution in [2.75, 3.05) is 26.2 Å². The van der Waals surface area contributed by atoms with Gasteiger partial charge in [0.1, 0.15) is 0 Å². The molecule has 2 amide bonds. The highest BCUT2D eigenvalue weighted by Crippen LogP contribution is 2.26. The molecule has 0 aromatic carbocycles. The van der Waals surface area contributed by atoms with Crippen molar-refractivity contribution in [2.45, 2.75) is 72.1 Å². The summed E-state index contributed by atoms with van der Waals surface area (Å²) in [6.07, 6.45) is 1.16. The van der Waals surface area contributed by atoms with Crippen LogP contribution in [0.25, 0.3) is 11.0 Å². The van der Waals surface area contributed by atoms with Crippen LogP contribution < -0.4 is 11.2 Å². The number of rotatable bonds is 4. The van der Waals surface area contributed by atoms with Gasteiger partial charge in [0, 0.05) is 44.3 Å². The molecule has 4 rings (SSSR count). The molecule has 4 heterocycles. The highest BCUT2D eigenvalue weighted by molar-refractivity contribution is 6.05. The molecular weight excluding hydrogens is 450 g/mol. The second-order valence-corrected chi connectivity index (χ2v) is 10.0. The van der Waals surface area contributed by atoms with Gasteiger partial charge in [0.15, 0.2) is 5.65 Å². The summed E-state index contributed by atoms with van der Waals surface area (Å²) in [5.74, 6) is -0.275. The normalized spacial score (nSPS) is 21.7. The first kappa shape index (κ1) is 25.1. The average Bonchev–Trinajstić information content (AvgIpc) is 2.82. The first-order chi connectivity index (χ1) is 16.6. The van der Waals surface area contributed by atoms with Crippen LogP contribution in [0.15, 0.2) is 15.7 Å². The standard InChI is InChI=1S/C25H35N5O5/c1-6-30-21-20(22(31)27-25(30)34)18(11-19(26-21)14(2)3)24(33)28-9-7-17(8-10-28)23(32)29-12-15(4)35-16(5)13-29/h11,14-17H,6-10,12-13H2,1-5H3,(H,27,31,34). The van der Waals surface area contributed by atoms with Crippen molar-refractivity contribution in [2.24, 2.45) is 5.92 Å². The number of H-pyrrole nitrogens is 1. The highest BCUT2D eigenvalue weighted by atomic mass is 16.5. The summed E-state index contributed by atoms with van der Waals surface area (Å²) < 4.78 is 7.13. The number of hydrogen-bond donors (Lipinski definition) is 1. The zero-order valence-corrected chi connectivity index (χ0v) is 21.2. The van der Waals surface area contributed by atoms with Gasteiger partial charge < -0.3 is 14.5 Å². The molecule has 0 radical (unpaired) electrons. The summed E-state index contributed by atoms with van der Waals surface area (Å²) in [6.45, 7) is 12.0. The van der Waals surface area contributed by atoms with Gasteiger partial charge in [-0.3, -0.25) is 23.9 Å². The van der Waals surface area contributed by atoms with Crippen LogP contribution in [-0.4, -0.2) is 74.5 Å². The molecule has 2 aromatic rings. The fourth-order valence-corrected chi connectivity index (χ4v) is 5.17. The van der Waals surface area contributed by atoms with Crippen molar-refractivity contribution >= 4 is 22.8 Å². The van der Waals surface area contributed by atoms with E-state index in [1.807, 2.05) is 32.6 Å². The fraction of sp³-hybridized carbons (Fsp3) is 0.640. The first-order valence-corrected chi connectivity index (χ1v) is 12.5. The second-order valence-electron chi connectivity index (χ2n) is 10.0. The van der Waals surface area contributed by atoms with Crippen LogP contribution in [0.1, 0.15) is 69.4 Å². The number of nitrogens with zero attached hydrogens (tertiary/aromatic N) is 4. The quantitative estimate of drug-likeness (QED) is 0.705. The number of hydrogen-bond acceptors (Lipinski definition) is 6. The molecule has 10 heteroatoms. The number of nitrogens with one attached hydrogen (secondary N) is 1. The number of piperidine rings is 1. The molecule has 0 aliphatic carbocycles. The van der Waals surface area contributed by atoms with E-state index in [4.69, 9.17) is 4.74 Å². The highest BCUT2D eigenvalue weighted by Gasteiger charge is 2.34. The van der Waals surface area contributed by atoms with Gasteiger partial charge in [-0.25, -0.2) is 9.78 Å². The lowest BCUT2D eigenvalue weighted by atomic mass is 9.94. The predicted octanol–water partition coefficient (Wildman–Crippen LogP) is 1.72. The molecular formula is C25H35N5O5. The van der Waals surface area contributed by atoms with E-state index >= 15 is 0 Å². The monoisotopic (exact) mass is 485 g/mol. The lowest BCUT2D eigenvalue weighted by Crippen LogP contribution is -2.51. The number of ether oxygens (including phenoxy) is 1. The van der Waals surface area contributed by atoms with E-state index in [2.05, 4.69) is 9.97 Å². The number of likely N-dealkylation sites (tertiary alicyclic amines) is 1. The van der Waals surface area contributed by atoms with Crippen molar-refractivity contribution < 1.29 is 14.3 Å². The number of fused-ring (bicyclic) bond motifs is 1. The van der Waals surface area contributed by atoms with Crippen molar-refractivity contribution in [1.82, 2.24) is 24.3 Å². The fourth-order valence-electron chi connectivity index (χ4n) is 5.17. The third kappa shape index (κ3) is 4.89. The summed E-state index contributed by atoms with van der Waals surface area (Å²) in [5.41, 5.74) is -0.0165. The molecule has 0 saturated carbocycles. The molecule has 0 bridgehead atoms. The van der Waals surface area contributed by atoms with Crippen LogP contribution in [0.4, 0.5) is 0 Å². The number of morpholine rings is 1. The average molecular weight is 486 g/mol. The minimum absolute atomic E-state index is 0.00677. The zero-order chi connectivity index (χ0) is 25.4. The van der Waals surface area contributed by atoms with Gasteiger partial charge in [-0.15, -0.1) is 0 Å². The van der Waals surface area contributed by atoms with E-state index in [0.717, 1.165) is 0 Å². The smallest absolute Gasteiger partial charge is 0.329 e. The van der Waals surface area contributed by atoms with Gasteiger partial charge in [0.2, 0.25) is 5.91 Å². The first-order valence-electron chi connectivity index (χ1n) is 12.5. The minimum Gasteiger partial charge on any atom is -0.372 e. The molecule has 2 aliphatic rings. The molecule has 2 atom stereocenters. The molecule has 35 heavy (non-hydrogen) atoms. The topological polar surface area (TPSA) is 118 Å². The number of amides is 2. The number of pyridine rings is 1. The lowest BCUT2D eigenvalue weighted by Gasteiger charge is -2.39. The third-order valence-corrected chi connectivity index (χ3v) is 6.97. The predicted molar refractivity (Wildman–Crippen MR) is 132 cm³/mol. The zero-order valence-electron chi connectivity index (χ0n) is 21.2. The summed E-state index contributed by atoms with van der Waals surface area (Å²) in [6, 6.07) is 1.67. The molecule has 2 aromatic heterocycles. The Morgan fingerprint density at radius 1 is 1.11 bits per heavy atom. The molecule has 2 fully saturated rings. The van der Waals surface area contributed by atoms with Crippen LogP contribution in [0.3, 0.4) is 0 Å². The number of carbonyl (C=O) groups excluding carboxylic acids is 2. The van der Waals surface area contributed by atoms with E-state index < -0.39 is 11.2 Å². The summed E-state index contributed by atoms with van der Waals surface area (Å²) >= 11 is 0. The van der Waals surface area contributed by atoms with Crippen LogP contribution in [0.5, 0.6) is 0 Å². The summed E-state index contributed by atoms with van der Waals surface area (Å²) in [4.78, 5) is 62.4. The maximum Gasteiger partial charge on any atom is 0.329 e. The Morgan fingerprint density at radius 3 is 2.31 bits per heavy atom. The second kappa shape index (κ2) is 9.93. The van der Waals surface area contributed by atoms with E-state index in [1.54, 1.807) is 17.9 Å². The van der Waals surface area contributed by atoms with Gasteiger partial charge in [0.25, 0.3) is 11.5 Å². The van der Waals surface area contributed by atoms with Gasteiger partial charge >= 0.3 is 5.69 Å². The molecule has 2 aliphatic heterocycles.